The Hall–Kier alpha value is -10.9. The fourth-order valence-corrected chi connectivity index (χ4v) is 16.2. The predicted molar refractivity (Wildman–Crippen MR) is 436 cm³/mol. The highest BCUT2D eigenvalue weighted by molar-refractivity contribution is 5.95. The molecule has 0 radical (unpaired) electrons. The van der Waals surface area contributed by atoms with Crippen LogP contribution >= 0.6 is 0 Å². The molecule has 0 saturated carbocycles. The molecular formula is C102H94. The van der Waals surface area contributed by atoms with Gasteiger partial charge in [-0.15, -0.1) is 0 Å². The van der Waals surface area contributed by atoms with Gasteiger partial charge < -0.3 is 0 Å². The molecule has 0 heteroatoms. The van der Waals surface area contributed by atoms with Crippen LogP contribution in [-0.2, 0) is 32.5 Å². The minimum Gasteiger partial charge on any atom is -0.0622 e. The van der Waals surface area contributed by atoms with E-state index >= 15 is 0 Å². The average molecular weight is 1320 g/mol. The smallest absolute Gasteiger partial charge is 0.0622 e. The molecule has 0 unspecified atom stereocenters. The fraction of sp³-hybridized carbons (Fsp3) is 0.176. The van der Waals surface area contributed by atoms with Crippen LogP contribution < -0.4 is 0 Å². The Labute approximate surface area is 608 Å². The highest BCUT2D eigenvalue weighted by Gasteiger charge is 2.52. The van der Waals surface area contributed by atoms with Gasteiger partial charge in [0.2, 0.25) is 0 Å². The zero-order chi connectivity index (χ0) is 71.0. The van der Waals surface area contributed by atoms with Gasteiger partial charge in [-0.05, 0) is 172 Å². The van der Waals surface area contributed by atoms with E-state index in [4.69, 9.17) is 0 Å². The van der Waals surface area contributed by atoms with E-state index in [1.165, 1.54) is 145 Å². The van der Waals surface area contributed by atoms with Gasteiger partial charge in [0.25, 0.3) is 0 Å². The Morgan fingerprint density at radius 2 is 0.451 bits per heavy atom. The SMILES string of the molecule is CC(C)(C)c1cc(-c2ccccc2)ccc1-c1ccccc1.CC(C)(C)c1ccc(-c2ccccc2)cc1-c1ccccc1.CC(C)(C)c1ccc2c(c1)C(c1ccccc1)(c1ccccc1)c1ccccc1-2.CC(C)(C)c1ccc2c(c1)C1(c3ccccc3-c3ccccc31)c1ccccc1-2. The van der Waals surface area contributed by atoms with E-state index in [-0.39, 0.29) is 32.5 Å². The molecule has 14 aromatic rings. The van der Waals surface area contributed by atoms with Crippen LogP contribution in [0, 0.1) is 0 Å². The Morgan fingerprint density at radius 1 is 0.167 bits per heavy atom. The summed E-state index contributed by atoms with van der Waals surface area (Å²) in [6.07, 6.45) is 0. The van der Waals surface area contributed by atoms with Crippen LogP contribution in [0.3, 0.4) is 0 Å². The monoisotopic (exact) mass is 1320 g/mol. The van der Waals surface area contributed by atoms with Crippen molar-refractivity contribution in [3.05, 3.63) is 419 Å². The first-order valence-corrected chi connectivity index (χ1v) is 36.5. The zero-order valence-corrected chi connectivity index (χ0v) is 61.5. The Bertz CT molecular complexity index is 5040. The van der Waals surface area contributed by atoms with Gasteiger partial charge in [0.05, 0.1) is 10.8 Å². The van der Waals surface area contributed by atoms with Crippen LogP contribution in [-0.4, -0.2) is 0 Å². The van der Waals surface area contributed by atoms with E-state index in [2.05, 4.69) is 435 Å². The normalized spacial score (nSPS) is 13.3. The minimum absolute atomic E-state index is 0.100. The largest absolute Gasteiger partial charge is 0.0725 e. The van der Waals surface area contributed by atoms with Crippen molar-refractivity contribution in [1.82, 2.24) is 0 Å². The topological polar surface area (TPSA) is 0 Å². The first-order chi connectivity index (χ1) is 49.2. The van der Waals surface area contributed by atoms with Crippen molar-refractivity contribution < 1.29 is 0 Å². The average Bonchev–Trinajstić information content (AvgIpc) is 1.51. The number of fused-ring (bicyclic) bond motifs is 13. The van der Waals surface area contributed by atoms with Crippen molar-refractivity contribution in [3.8, 4) is 77.9 Å². The van der Waals surface area contributed by atoms with Crippen LogP contribution in [0.2, 0.25) is 0 Å². The number of rotatable bonds is 6. The minimum atomic E-state index is -0.296. The van der Waals surface area contributed by atoms with E-state index in [0.717, 1.165) is 0 Å². The summed E-state index contributed by atoms with van der Waals surface area (Å²) in [5.74, 6) is 0. The van der Waals surface area contributed by atoms with Gasteiger partial charge in [-0.25, -0.2) is 0 Å². The third kappa shape index (κ3) is 12.7. The number of hydrogen-bond acceptors (Lipinski definition) is 0. The van der Waals surface area contributed by atoms with Gasteiger partial charge in [-0.1, -0.05) is 429 Å². The molecule has 0 N–H and O–H groups in total. The molecule has 0 aromatic heterocycles. The summed E-state index contributed by atoms with van der Waals surface area (Å²) in [5, 5.41) is 0. The molecule has 0 nitrogen and oxygen atoms in total. The van der Waals surface area contributed by atoms with Crippen molar-refractivity contribution >= 4 is 0 Å². The van der Waals surface area contributed by atoms with Gasteiger partial charge in [-0.2, -0.15) is 0 Å². The lowest BCUT2D eigenvalue weighted by Crippen LogP contribution is -2.29. The molecule has 102 heavy (non-hydrogen) atoms. The maximum atomic E-state index is 2.48. The second kappa shape index (κ2) is 27.5. The first kappa shape index (κ1) is 68.2. The molecule has 0 atom stereocenters. The second-order valence-electron chi connectivity index (χ2n) is 31.9. The molecule has 0 heterocycles. The van der Waals surface area contributed by atoms with Crippen LogP contribution in [0.1, 0.15) is 150 Å². The molecule has 0 fully saturated rings. The molecule has 502 valence electrons. The number of benzene rings is 14. The highest BCUT2D eigenvalue weighted by Crippen LogP contribution is 2.63. The van der Waals surface area contributed by atoms with E-state index in [1.54, 1.807) is 0 Å². The third-order valence-corrected chi connectivity index (χ3v) is 21.2. The molecule has 0 bridgehead atoms. The van der Waals surface area contributed by atoms with E-state index in [0.29, 0.717) is 0 Å². The van der Waals surface area contributed by atoms with E-state index in [1.807, 2.05) is 0 Å². The lowest BCUT2D eigenvalue weighted by molar-refractivity contribution is 0.588. The highest BCUT2D eigenvalue weighted by atomic mass is 14.5. The summed E-state index contributed by atoms with van der Waals surface area (Å²) < 4.78 is 0. The summed E-state index contributed by atoms with van der Waals surface area (Å²) in [6, 6.07) is 128. The van der Waals surface area contributed by atoms with Gasteiger partial charge in [0.15, 0.2) is 0 Å². The lowest BCUT2D eigenvalue weighted by Gasteiger charge is -2.34. The first-order valence-electron chi connectivity index (χ1n) is 36.5. The standard InChI is InChI=1S/C29H24.C29H26.2C22H22/c1-28(2,3)19-16-17-23-22-12-6-9-15-26(22)29(27(23)18-19)24-13-7-4-10-20(24)21-11-5-8-14-25(21)29;1-28(2,3)23-18-19-25-24-16-10-11-17-26(24)29(27(25)20-23,21-12-6-4-7-13-21)22-14-8-5-9-15-22;1-22(2,3)21-15-14-19(17-10-6-4-7-11-17)16-20(21)18-12-8-5-9-13-18;1-22(2,3)21-16-19(17-10-6-4-7-11-17)14-15-20(21)18-12-8-5-9-13-18/h4-18H,1-3H3;4-20H,1-3H3;2*4-16H,1-3H3. The lowest BCUT2D eigenvalue weighted by atomic mass is 9.67. The van der Waals surface area contributed by atoms with Gasteiger partial charge in [0, 0.05) is 0 Å². The molecule has 3 aliphatic carbocycles. The van der Waals surface area contributed by atoms with Crippen molar-refractivity contribution in [2.45, 2.75) is 116 Å². The fourth-order valence-electron chi connectivity index (χ4n) is 16.2. The second-order valence-corrected chi connectivity index (χ2v) is 31.9. The van der Waals surface area contributed by atoms with Gasteiger partial charge in [0.1, 0.15) is 0 Å². The van der Waals surface area contributed by atoms with Crippen molar-refractivity contribution in [2.75, 3.05) is 0 Å². The van der Waals surface area contributed by atoms with Crippen LogP contribution in [0.5, 0.6) is 0 Å². The summed E-state index contributed by atoms with van der Waals surface area (Å²) in [7, 11) is 0. The third-order valence-electron chi connectivity index (χ3n) is 21.2. The summed E-state index contributed by atoms with van der Waals surface area (Å²) in [6.45, 7) is 27.5. The Morgan fingerprint density at radius 3 is 0.824 bits per heavy atom. The quantitative estimate of drug-likeness (QED) is 0.156. The molecule has 1 spiro atoms. The maximum absolute atomic E-state index is 2.48. The molecule has 3 aliphatic rings. The van der Waals surface area contributed by atoms with Crippen LogP contribution in [0.15, 0.2) is 352 Å². The maximum Gasteiger partial charge on any atom is 0.0725 e. The van der Waals surface area contributed by atoms with Crippen molar-refractivity contribution in [1.29, 1.82) is 0 Å². The molecule has 17 rings (SSSR count). The van der Waals surface area contributed by atoms with E-state index in [9.17, 15) is 0 Å². The van der Waals surface area contributed by atoms with Crippen molar-refractivity contribution in [3.63, 3.8) is 0 Å². The van der Waals surface area contributed by atoms with E-state index < -0.39 is 0 Å². The molecule has 0 saturated heterocycles. The summed E-state index contributed by atoms with van der Waals surface area (Å²) >= 11 is 0. The molecule has 14 aromatic carbocycles. The Balaban J connectivity index is 0.000000116. The van der Waals surface area contributed by atoms with Crippen molar-refractivity contribution in [2.24, 2.45) is 0 Å². The zero-order valence-electron chi connectivity index (χ0n) is 61.5. The van der Waals surface area contributed by atoms with Gasteiger partial charge >= 0.3 is 0 Å². The predicted octanol–water partition coefficient (Wildman–Crippen LogP) is 27.3. The molecular weight excluding hydrogens is 1230 g/mol. The molecule has 0 aliphatic heterocycles. The molecule has 0 amide bonds. The Kier molecular flexibility index (Phi) is 18.4. The van der Waals surface area contributed by atoms with Gasteiger partial charge in [-0.3, -0.25) is 0 Å². The number of hydrogen-bond donors (Lipinski definition) is 0. The van der Waals surface area contributed by atoms with Crippen LogP contribution in [0.4, 0.5) is 0 Å². The summed E-state index contributed by atoms with van der Waals surface area (Å²) in [4.78, 5) is 0. The summed E-state index contributed by atoms with van der Waals surface area (Å²) in [5.41, 5.74) is 35.0. The van der Waals surface area contributed by atoms with Crippen LogP contribution in [0.25, 0.3) is 77.9 Å².